The van der Waals surface area contributed by atoms with E-state index in [4.69, 9.17) is 0 Å². The van der Waals surface area contributed by atoms with E-state index in [-0.39, 0.29) is 12.0 Å². The lowest BCUT2D eigenvalue weighted by Gasteiger charge is -2.33. The lowest BCUT2D eigenvalue weighted by molar-refractivity contribution is -0.129. The number of carbonyl (C=O) groups is 1. The molecule has 0 bridgehead atoms. The van der Waals surface area contributed by atoms with Gasteiger partial charge in [-0.2, -0.15) is 0 Å². The highest BCUT2D eigenvalue weighted by molar-refractivity contribution is 5.86. The third-order valence-electron chi connectivity index (χ3n) is 5.23. The number of Topliss-reactive ketones (excluding diaryl/α,β-unsaturated/α-hetero) is 1. The van der Waals surface area contributed by atoms with Crippen molar-refractivity contribution in [3.8, 4) is 0 Å². The third kappa shape index (κ3) is 2.49. The summed E-state index contributed by atoms with van der Waals surface area (Å²) in [6.07, 6.45) is 6.31. The summed E-state index contributed by atoms with van der Waals surface area (Å²) in [4.78, 5) is 15.2. The average Bonchev–Trinajstić information content (AvgIpc) is 2.76. The van der Waals surface area contributed by atoms with E-state index in [1.165, 1.54) is 25.7 Å². The number of fused-ring (bicyclic) bond motifs is 1. The van der Waals surface area contributed by atoms with E-state index in [0.29, 0.717) is 17.7 Å². The Labute approximate surface area is 112 Å². The summed E-state index contributed by atoms with van der Waals surface area (Å²) in [6, 6.07) is 0.735. The van der Waals surface area contributed by atoms with Crippen LogP contribution in [0.1, 0.15) is 59.8 Å². The predicted molar refractivity (Wildman–Crippen MR) is 75.5 cm³/mol. The van der Waals surface area contributed by atoms with Crippen molar-refractivity contribution < 1.29 is 4.79 Å². The minimum absolute atomic E-state index is 0.227. The van der Waals surface area contributed by atoms with Gasteiger partial charge in [0.15, 0.2) is 5.78 Å². The molecule has 0 aromatic rings. The minimum Gasteiger partial charge on any atom is -0.298 e. The molecule has 2 heteroatoms. The highest BCUT2D eigenvalue weighted by atomic mass is 16.1. The maximum Gasteiger partial charge on any atom is 0.153 e. The van der Waals surface area contributed by atoms with E-state index in [9.17, 15) is 4.79 Å². The predicted octanol–water partition coefficient (Wildman–Crippen LogP) is 3.50. The minimum atomic E-state index is 0.227. The Morgan fingerprint density at radius 3 is 2.50 bits per heavy atom. The van der Waals surface area contributed by atoms with E-state index in [2.05, 4.69) is 32.6 Å². The molecule has 0 spiro atoms. The molecule has 2 nitrogen and oxygen atoms in total. The second-order valence-corrected chi connectivity index (χ2v) is 6.66. The van der Waals surface area contributed by atoms with Crippen LogP contribution in [0.5, 0.6) is 0 Å². The van der Waals surface area contributed by atoms with Crippen LogP contribution >= 0.6 is 0 Å². The van der Waals surface area contributed by atoms with E-state index in [1.54, 1.807) is 0 Å². The molecule has 0 amide bonds. The van der Waals surface area contributed by atoms with Crippen molar-refractivity contribution in [3.05, 3.63) is 0 Å². The summed E-state index contributed by atoms with van der Waals surface area (Å²) in [7, 11) is 0. The molecule has 0 aromatic carbocycles. The summed E-state index contributed by atoms with van der Waals surface area (Å²) < 4.78 is 0. The van der Waals surface area contributed by atoms with Gasteiger partial charge in [-0.25, -0.2) is 0 Å². The summed E-state index contributed by atoms with van der Waals surface area (Å²) in [5.74, 6) is 2.19. The van der Waals surface area contributed by atoms with Gasteiger partial charge in [-0.05, 0) is 44.9 Å². The fraction of sp³-hybridized carbons (Fsp3) is 0.938. The number of hydrogen-bond donors (Lipinski definition) is 0. The molecular formula is C16H29NO. The number of hydrogen-bond acceptors (Lipinski definition) is 2. The van der Waals surface area contributed by atoms with E-state index >= 15 is 0 Å². The molecule has 2 fully saturated rings. The normalized spacial score (nSPS) is 34.6. The van der Waals surface area contributed by atoms with Gasteiger partial charge < -0.3 is 0 Å². The van der Waals surface area contributed by atoms with Gasteiger partial charge in [0.2, 0.25) is 0 Å². The maximum absolute atomic E-state index is 12.7. The maximum atomic E-state index is 12.7. The summed E-state index contributed by atoms with van der Waals surface area (Å²) in [5.41, 5.74) is 0. The van der Waals surface area contributed by atoms with Crippen LogP contribution in [-0.2, 0) is 4.79 Å². The highest BCUT2D eigenvalue weighted by Gasteiger charge is 2.47. The van der Waals surface area contributed by atoms with E-state index in [1.807, 2.05) is 0 Å². The first-order valence-corrected chi connectivity index (χ1v) is 7.85. The van der Waals surface area contributed by atoms with Gasteiger partial charge in [0.25, 0.3) is 0 Å². The smallest absolute Gasteiger partial charge is 0.153 e. The number of nitrogens with zero attached hydrogens (tertiary/aromatic N) is 1. The first-order valence-electron chi connectivity index (χ1n) is 7.85. The van der Waals surface area contributed by atoms with Crippen molar-refractivity contribution in [1.29, 1.82) is 0 Å². The Morgan fingerprint density at radius 1 is 1.22 bits per heavy atom. The fourth-order valence-electron chi connectivity index (χ4n) is 3.91. The van der Waals surface area contributed by atoms with Crippen LogP contribution in [0.3, 0.4) is 0 Å². The van der Waals surface area contributed by atoms with Gasteiger partial charge in [-0.3, -0.25) is 9.69 Å². The standard InChI is InChI=1S/C16H29NO/c1-5-12(4)16(18)15-14-9-7-6-8-13(14)10-17(15)11(2)3/h11-15H,5-10H2,1-4H3. The number of rotatable bonds is 4. The van der Waals surface area contributed by atoms with Crippen LogP contribution in [0.4, 0.5) is 0 Å². The van der Waals surface area contributed by atoms with Crippen LogP contribution in [0.2, 0.25) is 0 Å². The van der Waals surface area contributed by atoms with Crippen LogP contribution in [0, 0.1) is 17.8 Å². The van der Waals surface area contributed by atoms with Crippen molar-refractivity contribution in [2.24, 2.45) is 17.8 Å². The van der Waals surface area contributed by atoms with Gasteiger partial charge in [0.05, 0.1) is 6.04 Å². The van der Waals surface area contributed by atoms with Crippen molar-refractivity contribution >= 4 is 5.78 Å². The second kappa shape index (κ2) is 5.73. The number of ketones is 1. The first-order chi connectivity index (χ1) is 8.56. The van der Waals surface area contributed by atoms with Crippen LogP contribution in [0.25, 0.3) is 0 Å². The molecule has 2 rings (SSSR count). The summed E-state index contributed by atoms with van der Waals surface area (Å²) in [5, 5.41) is 0. The zero-order valence-electron chi connectivity index (χ0n) is 12.5. The quantitative estimate of drug-likeness (QED) is 0.762. The summed E-state index contributed by atoms with van der Waals surface area (Å²) >= 11 is 0. The first kappa shape index (κ1) is 14.0. The Morgan fingerprint density at radius 2 is 1.89 bits per heavy atom. The monoisotopic (exact) mass is 251 g/mol. The van der Waals surface area contributed by atoms with Gasteiger partial charge >= 0.3 is 0 Å². The topological polar surface area (TPSA) is 20.3 Å². The van der Waals surface area contributed by atoms with Crippen molar-refractivity contribution in [2.75, 3.05) is 6.54 Å². The lowest BCUT2D eigenvalue weighted by Crippen LogP contribution is -2.45. The van der Waals surface area contributed by atoms with E-state index in [0.717, 1.165) is 18.9 Å². The zero-order valence-corrected chi connectivity index (χ0v) is 12.5. The largest absolute Gasteiger partial charge is 0.298 e. The van der Waals surface area contributed by atoms with Gasteiger partial charge in [0.1, 0.15) is 0 Å². The average molecular weight is 251 g/mol. The molecule has 1 saturated heterocycles. The van der Waals surface area contributed by atoms with Gasteiger partial charge in [-0.15, -0.1) is 0 Å². The highest BCUT2D eigenvalue weighted by Crippen LogP contribution is 2.42. The molecule has 0 radical (unpaired) electrons. The molecule has 4 atom stereocenters. The van der Waals surface area contributed by atoms with Crippen molar-refractivity contribution in [1.82, 2.24) is 4.90 Å². The molecule has 18 heavy (non-hydrogen) atoms. The molecule has 1 aliphatic heterocycles. The van der Waals surface area contributed by atoms with Gasteiger partial charge in [-0.1, -0.05) is 26.7 Å². The number of likely N-dealkylation sites (tertiary alicyclic amines) is 1. The van der Waals surface area contributed by atoms with Crippen LogP contribution < -0.4 is 0 Å². The fourth-order valence-corrected chi connectivity index (χ4v) is 3.91. The van der Waals surface area contributed by atoms with Crippen molar-refractivity contribution in [3.63, 3.8) is 0 Å². The zero-order chi connectivity index (χ0) is 13.3. The lowest BCUT2D eigenvalue weighted by atomic mass is 9.76. The molecule has 104 valence electrons. The molecule has 1 heterocycles. The molecule has 0 aromatic heterocycles. The van der Waals surface area contributed by atoms with E-state index < -0.39 is 0 Å². The molecule has 0 N–H and O–H groups in total. The second-order valence-electron chi connectivity index (χ2n) is 6.66. The molecule has 4 unspecified atom stereocenters. The Bertz CT molecular complexity index is 297. The Balaban J connectivity index is 2.19. The molecular weight excluding hydrogens is 222 g/mol. The Hall–Kier alpha value is -0.370. The van der Waals surface area contributed by atoms with Crippen LogP contribution in [-0.4, -0.2) is 29.3 Å². The van der Waals surface area contributed by atoms with Gasteiger partial charge in [0, 0.05) is 18.5 Å². The SMILES string of the molecule is CCC(C)C(=O)C1C2CCCCC2CN1C(C)C. The molecule has 1 aliphatic carbocycles. The summed E-state index contributed by atoms with van der Waals surface area (Å²) in [6.45, 7) is 9.89. The number of carbonyl (C=O) groups excluding carboxylic acids is 1. The molecule has 2 aliphatic rings. The van der Waals surface area contributed by atoms with Crippen molar-refractivity contribution in [2.45, 2.75) is 71.9 Å². The molecule has 1 saturated carbocycles. The Kier molecular flexibility index (Phi) is 4.47. The third-order valence-corrected chi connectivity index (χ3v) is 5.23. The van der Waals surface area contributed by atoms with Crippen LogP contribution in [0.15, 0.2) is 0 Å².